The molecule has 3 rings (SSSR count). The number of ether oxygens (including phenoxy) is 2. The minimum atomic E-state index is -5.54. The number of fused-ring (bicyclic) bond motifs is 2. The van der Waals surface area contributed by atoms with E-state index in [9.17, 15) is 26.3 Å². The summed E-state index contributed by atoms with van der Waals surface area (Å²) in [4.78, 5) is 0. The van der Waals surface area contributed by atoms with Gasteiger partial charge in [-0.2, -0.15) is 26.3 Å². The first-order valence-corrected chi connectivity index (χ1v) is 10.4. The normalized spacial score (nSPS) is 34.9. The summed E-state index contributed by atoms with van der Waals surface area (Å²) in [5.74, 6) is -0.0342. The molecule has 0 amide bonds. The van der Waals surface area contributed by atoms with Crippen molar-refractivity contribution >= 4 is 0 Å². The van der Waals surface area contributed by atoms with Gasteiger partial charge in [0.1, 0.15) is 6.79 Å². The zero-order valence-electron chi connectivity index (χ0n) is 16.4. The number of halogens is 6. The van der Waals surface area contributed by atoms with Crippen LogP contribution in [-0.2, 0) is 9.47 Å². The van der Waals surface area contributed by atoms with Crippen LogP contribution >= 0.6 is 0 Å². The van der Waals surface area contributed by atoms with Crippen molar-refractivity contribution < 1.29 is 35.8 Å². The van der Waals surface area contributed by atoms with Crippen molar-refractivity contribution in [2.45, 2.75) is 89.3 Å². The monoisotopic (exact) mass is 416 g/mol. The Bertz CT molecular complexity index is 510. The summed E-state index contributed by atoms with van der Waals surface area (Å²) < 4.78 is 92.7. The molecule has 2 bridgehead atoms. The zero-order valence-corrected chi connectivity index (χ0v) is 16.4. The first kappa shape index (κ1) is 22.2. The third-order valence-electron chi connectivity index (χ3n) is 7.66. The molecule has 3 fully saturated rings. The van der Waals surface area contributed by atoms with E-state index in [1.54, 1.807) is 0 Å². The van der Waals surface area contributed by atoms with E-state index < -0.39 is 37.1 Å². The van der Waals surface area contributed by atoms with Gasteiger partial charge in [-0.25, -0.2) is 0 Å². The van der Waals surface area contributed by atoms with Crippen molar-refractivity contribution in [1.82, 2.24) is 0 Å². The first-order valence-electron chi connectivity index (χ1n) is 10.4. The Balaban J connectivity index is 1.74. The highest BCUT2D eigenvalue weighted by Gasteiger charge is 2.73. The Labute approximate surface area is 162 Å². The van der Waals surface area contributed by atoms with E-state index in [0.717, 1.165) is 25.7 Å². The minimum Gasteiger partial charge on any atom is -0.352 e. The molecule has 0 saturated heterocycles. The molecule has 0 aromatic rings. The fraction of sp³-hybridized carbons (Fsp3) is 1.00. The zero-order chi connectivity index (χ0) is 20.7. The molecule has 3 aliphatic carbocycles. The highest BCUT2D eigenvalue weighted by atomic mass is 19.4. The standard InChI is InChI=1S/C20H30F6O2/c1-12-13(2)17-9-14(12)8-15(17)10-18(19(21,22)23,20(24,25)26)28-11-27-16-6-4-3-5-7-16/h12-17H,3-11H2,1-2H3. The molecular formula is C20H30F6O2. The summed E-state index contributed by atoms with van der Waals surface area (Å²) >= 11 is 0. The maximum absolute atomic E-state index is 13.8. The molecule has 2 nitrogen and oxygen atoms in total. The number of hydrogen-bond acceptors (Lipinski definition) is 2. The van der Waals surface area contributed by atoms with Crippen LogP contribution in [-0.4, -0.2) is 30.9 Å². The van der Waals surface area contributed by atoms with Gasteiger partial charge in [-0.05, 0) is 61.7 Å². The van der Waals surface area contributed by atoms with Crippen LogP contribution in [0, 0.1) is 29.6 Å². The summed E-state index contributed by atoms with van der Waals surface area (Å²) in [5.41, 5.74) is -4.16. The van der Waals surface area contributed by atoms with Gasteiger partial charge in [0.2, 0.25) is 0 Å². The Morgan fingerprint density at radius 3 is 1.93 bits per heavy atom. The molecule has 0 heterocycles. The summed E-state index contributed by atoms with van der Waals surface area (Å²) in [7, 11) is 0. The second kappa shape index (κ2) is 7.97. The topological polar surface area (TPSA) is 18.5 Å². The van der Waals surface area contributed by atoms with Gasteiger partial charge in [-0.1, -0.05) is 33.1 Å². The second-order valence-electron chi connectivity index (χ2n) is 9.09. The van der Waals surface area contributed by atoms with Gasteiger partial charge in [-0.15, -0.1) is 0 Å². The van der Waals surface area contributed by atoms with Gasteiger partial charge in [0.15, 0.2) is 0 Å². The van der Waals surface area contributed by atoms with E-state index in [2.05, 4.69) is 4.74 Å². The van der Waals surface area contributed by atoms with Crippen LogP contribution in [0.4, 0.5) is 26.3 Å². The molecule has 8 heteroatoms. The van der Waals surface area contributed by atoms with Crippen LogP contribution in [0.5, 0.6) is 0 Å². The highest BCUT2D eigenvalue weighted by Crippen LogP contribution is 2.60. The Morgan fingerprint density at radius 2 is 1.43 bits per heavy atom. The molecule has 0 N–H and O–H groups in total. The van der Waals surface area contributed by atoms with E-state index in [0.29, 0.717) is 25.2 Å². The number of hydrogen-bond donors (Lipinski definition) is 0. The fourth-order valence-corrected chi connectivity index (χ4v) is 5.78. The highest BCUT2D eigenvalue weighted by molar-refractivity contribution is 5.04. The quantitative estimate of drug-likeness (QED) is 0.364. The molecule has 28 heavy (non-hydrogen) atoms. The van der Waals surface area contributed by atoms with E-state index in [-0.39, 0.29) is 23.9 Å². The molecule has 164 valence electrons. The van der Waals surface area contributed by atoms with Gasteiger partial charge in [-0.3, -0.25) is 0 Å². The maximum atomic E-state index is 13.8. The van der Waals surface area contributed by atoms with Crippen molar-refractivity contribution in [1.29, 1.82) is 0 Å². The van der Waals surface area contributed by atoms with E-state index in [1.807, 2.05) is 13.8 Å². The van der Waals surface area contributed by atoms with Crippen LogP contribution in [0.25, 0.3) is 0 Å². The number of alkyl halides is 6. The first-order chi connectivity index (χ1) is 13.0. The van der Waals surface area contributed by atoms with Crippen molar-refractivity contribution in [2.75, 3.05) is 6.79 Å². The average Bonchev–Trinajstić information content (AvgIpc) is 3.12. The van der Waals surface area contributed by atoms with Crippen LogP contribution in [0.3, 0.4) is 0 Å². The predicted molar refractivity (Wildman–Crippen MR) is 91.4 cm³/mol. The second-order valence-corrected chi connectivity index (χ2v) is 9.09. The molecule has 0 spiro atoms. The summed E-state index contributed by atoms with van der Waals surface area (Å²) in [6.07, 6.45) is -7.29. The smallest absolute Gasteiger partial charge is 0.352 e. The van der Waals surface area contributed by atoms with E-state index in [1.165, 1.54) is 0 Å². The van der Waals surface area contributed by atoms with Crippen LogP contribution in [0.2, 0.25) is 0 Å². The lowest BCUT2D eigenvalue weighted by atomic mass is 9.71. The van der Waals surface area contributed by atoms with E-state index >= 15 is 0 Å². The Morgan fingerprint density at radius 1 is 0.821 bits per heavy atom. The fourth-order valence-electron chi connectivity index (χ4n) is 5.78. The lowest BCUT2D eigenvalue weighted by Crippen LogP contribution is -2.60. The maximum Gasteiger partial charge on any atom is 0.426 e. The third kappa shape index (κ3) is 4.05. The molecule has 0 radical (unpaired) electrons. The van der Waals surface area contributed by atoms with Gasteiger partial charge >= 0.3 is 12.4 Å². The van der Waals surface area contributed by atoms with Crippen LogP contribution < -0.4 is 0 Å². The van der Waals surface area contributed by atoms with Crippen molar-refractivity contribution in [3.05, 3.63) is 0 Å². The largest absolute Gasteiger partial charge is 0.426 e. The van der Waals surface area contributed by atoms with Gasteiger partial charge in [0, 0.05) is 0 Å². The molecule has 5 unspecified atom stereocenters. The van der Waals surface area contributed by atoms with Crippen LogP contribution in [0.1, 0.15) is 65.2 Å². The molecule has 5 atom stereocenters. The van der Waals surface area contributed by atoms with Crippen molar-refractivity contribution in [3.63, 3.8) is 0 Å². The average molecular weight is 416 g/mol. The molecule has 0 aromatic carbocycles. The van der Waals surface area contributed by atoms with Crippen LogP contribution in [0.15, 0.2) is 0 Å². The van der Waals surface area contributed by atoms with E-state index in [4.69, 9.17) is 4.74 Å². The Hall–Kier alpha value is -0.500. The Kier molecular flexibility index (Phi) is 6.32. The van der Waals surface area contributed by atoms with Crippen molar-refractivity contribution in [3.8, 4) is 0 Å². The molecule has 0 aromatic heterocycles. The lowest BCUT2D eigenvalue weighted by Gasteiger charge is -2.42. The molecule has 3 saturated carbocycles. The van der Waals surface area contributed by atoms with Gasteiger partial charge in [0.25, 0.3) is 5.60 Å². The van der Waals surface area contributed by atoms with Gasteiger partial charge < -0.3 is 9.47 Å². The molecule has 3 aliphatic rings. The minimum absolute atomic E-state index is 0.105. The summed E-state index contributed by atoms with van der Waals surface area (Å²) in [6, 6.07) is 0. The number of rotatable bonds is 6. The predicted octanol–water partition coefficient (Wildman–Crippen LogP) is 6.49. The molecular weight excluding hydrogens is 386 g/mol. The van der Waals surface area contributed by atoms with Gasteiger partial charge in [0.05, 0.1) is 6.10 Å². The summed E-state index contributed by atoms with van der Waals surface area (Å²) in [6.45, 7) is 3.01. The molecule has 0 aliphatic heterocycles. The summed E-state index contributed by atoms with van der Waals surface area (Å²) in [5, 5.41) is 0. The third-order valence-corrected chi connectivity index (χ3v) is 7.66. The SMILES string of the molecule is CC1C2CC(CC(OCOC3CCCCC3)(C(F)(F)F)C(F)(F)F)C(C2)C1C. The lowest BCUT2D eigenvalue weighted by molar-refractivity contribution is -0.400. The van der Waals surface area contributed by atoms with Crippen molar-refractivity contribution in [2.24, 2.45) is 29.6 Å².